The molecule has 2 rings (SSSR count). The summed E-state index contributed by atoms with van der Waals surface area (Å²) in [5.41, 5.74) is 1.36. The van der Waals surface area contributed by atoms with E-state index in [0.29, 0.717) is 6.61 Å². The summed E-state index contributed by atoms with van der Waals surface area (Å²) >= 11 is 0. The van der Waals surface area contributed by atoms with E-state index in [-0.39, 0.29) is 0 Å². The molecule has 0 amide bonds. The van der Waals surface area contributed by atoms with Crippen molar-refractivity contribution in [1.82, 2.24) is 9.78 Å². The Balaban J connectivity index is 2.48. The Bertz CT molecular complexity index is 502. The molecule has 1 aromatic rings. The van der Waals surface area contributed by atoms with E-state index in [9.17, 15) is 5.11 Å². The Hall–Kier alpha value is -1.55. The second kappa shape index (κ2) is 4.61. The predicted molar refractivity (Wildman–Crippen MR) is 70.8 cm³/mol. The maximum atomic E-state index is 10.2. The van der Waals surface area contributed by atoms with Crippen molar-refractivity contribution in [3.63, 3.8) is 0 Å². The first-order chi connectivity index (χ1) is 8.50. The van der Waals surface area contributed by atoms with Gasteiger partial charge < -0.3 is 9.84 Å². The van der Waals surface area contributed by atoms with E-state index < -0.39 is 11.5 Å². The van der Waals surface area contributed by atoms with Gasteiger partial charge >= 0.3 is 0 Å². The lowest BCUT2D eigenvalue weighted by Crippen LogP contribution is -2.35. The molecule has 1 aliphatic rings. The third kappa shape index (κ3) is 1.86. The summed E-state index contributed by atoms with van der Waals surface area (Å²) < 4.78 is 7.33. The van der Waals surface area contributed by atoms with Gasteiger partial charge in [-0.3, -0.25) is 0 Å². The number of hydrogen-bond acceptors (Lipinski definition) is 3. The van der Waals surface area contributed by atoms with Gasteiger partial charge in [-0.2, -0.15) is 5.10 Å². The van der Waals surface area contributed by atoms with E-state index in [1.807, 2.05) is 46.0 Å². The first-order valence-electron chi connectivity index (χ1n) is 6.21. The summed E-state index contributed by atoms with van der Waals surface area (Å²) in [6.45, 7) is 6.53. The lowest BCUT2D eigenvalue weighted by atomic mass is 9.77. The van der Waals surface area contributed by atoms with E-state index in [1.54, 1.807) is 10.8 Å². The number of hydrogen-bond donors (Lipinski definition) is 1. The molecule has 1 aromatic heterocycles. The van der Waals surface area contributed by atoms with E-state index >= 15 is 0 Å². The SMILES string of the molecule is CCOc1c(C)c(C2(C)C=CC=CC2O)nn1C. The van der Waals surface area contributed by atoms with Crippen LogP contribution in [-0.4, -0.2) is 27.6 Å². The number of allylic oxidation sites excluding steroid dienone is 2. The Kier molecular flexibility index (Phi) is 3.30. The summed E-state index contributed by atoms with van der Waals surface area (Å²) in [6, 6.07) is 0. The van der Waals surface area contributed by atoms with Crippen molar-refractivity contribution in [3.8, 4) is 5.88 Å². The van der Waals surface area contributed by atoms with Gasteiger partial charge in [0.1, 0.15) is 0 Å². The van der Waals surface area contributed by atoms with Gasteiger partial charge in [0.15, 0.2) is 0 Å². The first-order valence-corrected chi connectivity index (χ1v) is 6.21. The minimum Gasteiger partial charge on any atom is -0.478 e. The van der Waals surface area contributed by atoms with Crippen LogP contribution in [0.3, 0.4) is 0 Å². The van der Waals surface area contributed by atoms with Crippen LogP contribution < -0.4 is 4.74 Å². The lowest BCUT2D eigenvalue weighted by Gasteiger charge is -2.30. The molecule has 98 valence electrons. The third-order valence-corrected chi connectivity index (χ3v) is 3.47. The van der Waals surface area contributed by atoms with Gasteiger partial charge in [0, 0.05) is 12.6 Å². The van der Waals surface area contributed by atoms with Crippen molar-refractivity contribution in [2.24, 2.45) is 7.05 Å². The molecule has 4 heteroatoms. The number of aryl methyl sites for hydroxylation is 1. The van der Waals surface area contributed by atoms with Gasteiger partial charge in [-0.05, 0) is 20.8 Å². The van der Waals surface area contributed by atoms with Gasteiger partial charge in [-0.25, -0.2) is 4.68 Å². The molecule has 0 aliphatic heterocycles. The number of aliphatic hydroxyl groups is 1. The van der Waals surface area contributed by atoms with Crippen LogP contribution in [0.2, 0.25) is 0 Å². The highest BCUT2D eigenvalue weighted by Gasteiger charge is 2.37. The molecule has 2 unspecified atom stereocenters. The summed E-state index contributed by atoms with van der Waals surface area (Å²) in [5, 5.41) is 14.7. The molecule has 18 heavy (non-hydrogen) atoms. The van der Waals surface area contributed by atoms with Crippen molar-refractivity contribution in [1.29, 1.82) is 0 Å². The fourth-order valence-corrected chi connectivity index (χ4v) is 2.41. The molecule has 0 aromatic carbocycles. The zero-order valence-electron chi connectivity index (χ0n) is 11.3. The lowest BCUT2D eigenvalue weighted by molar-refractivity contribution is 0.156. The monoisotopic (exact) mass is 248 g/mol. The molecule has 0 spiro atoms. The zero-order valence-corrected chi connectivity index (χ0v) is 11.3. The number of ether oxygens (including phenoxy) is 1. The van der Waals surface area contributed by atoms with Crippen molar-refractivity contribution in [3.05, 3.63) is 35.6 Å². The van der Waals surface area contributed by atoms with E-state index in [1.165, 1.54) is 0 Å². The van der Waals surface area contributed by atoms with Gasteiger partial charge in [-0.15, -0.1) is 0 Å². The second-order valence-corrected chi connectivity index (χ2v) is 4.81. The summed E-state index contributed by atoms with van der Waals surface area (Å²) in [6.07, 6.45) is 7.01. The number of aliphatic hydroxyl groups excluding tert-OH is 1. The topological polar surface area (TPSA) is 47.3 Å². The Morgan fingerprint density at radius 2 is 2.22 bits per heavy atom. The van der Waals surface area contributed by atoms with E-state index in [0.717, 1.165) is 17.1 Å². The molecule has 2 atom stereocenters. The molecule has 0 radical (unpaired) electrons. The normalized spacial score (nSPS) is 26.6. The van der Waals surface area contributed by atoms with Crippen LogP contribution in [0.5, 0.6) is 5.88 Å². The maximum Gasteiger partial charge on any atom is 0.214 e. The van der Waals surface area contributed by atoms with Crippen LogP contribution in [0.25, 0.3) is 0 Å². The molecular formula is C14H20N2O2. The average molecular weight is 248 g/mol. The van der Waals surface area contributed by atoms with E-state index in [2.05, 4.69) is 5.10 Å². The number of aromatic nitrogens is 2. The molecular weight excluding hydrogens is 228 g/mol. The average Bonchev–Trinajstić information content (AvgIpc) is 2.62. The molecule has 0 saturated carbocycles. The van der Waals surface area contributed by atoms with Gasteiger partial charge in [0.25, 0.3) is 0 Å². The van der Waals surface area contributed by atoms with Crippen LogP contribution in [0.1, 0.15) is 25.1 Å². The standard InChI is InChI=1S/C14H20N2O2/c1-5-18-13-10(2)12(15-16(13)4)14(3)9-7-6-8-11(14)17/h6-9,11,17H,5H2,1-4H3. The third-order valence-electron chi connectivity index (χ3n) is 3.47. The van der Waals surface area contributed by atoms with Crippen LogP contribution in [-0.2, 0) is 12.5 Å². The summed E-state index contributed by atoms with van der Waals surface area (Å²) in [4.78, 5) is 0. The Morgan fingerprint density at radius 3 is 2.83 bits per heavy atom. The molecule has 1 heterocycles. The van der Waals surface area contributed by atoms with E-state index in [4.69, 9.17) is 4.74 Å². The molecule has 0 saturated heterocycles. The van der Waals surface area contributed by atoms with Crippen molar-refractivity contribution >= 4 is 0 Å². The number of rotatable bonds is 3. The number of nitrogens with zero attached hydrogens (tertiary/aromatic N) is 2. The van der Waals surface area contributed by atoms with Gasteiger partial charge in [0.05, 0.1) is 23.8 Å². The highest BCUT2D eigenvalue weighted by molar-refractivity contribution is 5.42. The van der Waals surface area contributed by atoms with Gasteiger partial charge in [0.2, 0.25) is 5.88 Å². The van der Waals surface area contributed by atoms with Crippen molar-refractivity contribution in [2.45, 2.75) is 32.3 Å². The maximum absolute atomic E-state index is 10.2. The minimum absolute atomic E-state index is 0.494. The van der Waals surface area contributed by atoms with Crippen molar-refractivity contribution < 1.29 is 9.84 Å². The predicted octanol–water partition coefficient (Wildman–Crippen LogP) is 1.87. The largest absolute Gasteiger partial charge is 0.478 e. The minimum atomic E-state index is -0.564. The second-order valence-electron chi connectivity index (χ2n) is 4.81. The molecule has 4 nitrogen and oxygen atoms in total. The highest BCUT2D eigenvalue weighted by Crippen LogP contribution is 2.36. The van der Waals surface area contributed by atoms with Crippen LogP contribution in [0, 0.1) is 6.92 Å². The molecule has 1 N–H and O–H groups in total. The van der Waals surface area contributed by atoms with Crippen LogP contribution in [0.15, 0.2) is 24.3 Å². The zero-order chi connectivity index (χ0) is 13.3. The Labute approximate surface area is 108 Å². The van der Waals surface area contributed by atoms with Gasteiger partial charge in [-0.1, -0.05) is 24.3 Å². The fourth-order valence-electron chi connectivity index (χ4n) is 2.41. The first kappa shape index (κ1) is 12.9. The highest BCUT2D eigenvalue weighted by atomic mass is 16.5. The van der Waals surface area contributed by atoms with Crippen LogP contribution in [0.4, 0.5) is 0 Å². The quantitative estimate of drug-likeness (QED) is 0.888. The summed E-state index contributed by atoms with van der Waals surface area (Å²) in [7, 11) is 1.86. The Morgan fingerprint density at radius 1 is 1.50 bits per heavy atom. The van der Waals surface area contributed by atoms with Crippen molar-refractivity contribution in [2.75, 3.05) is 6.61 Å². The summed E-state index contributed by atoms with van der Waals surface area (Å²) in [5.74, 6) is 0.767. The molecule has 0 fully saturated rings. The van der Waals surface area contributed by atoms with Crippen LogP contribution >= 0.6 is 0 Å². The fraction of sp³-hybridized carbons (Fsp3) is 0.500. The smallest absolute Gasteiger partial charge is 0.214 e. The molecule has 1 aliphatic carbocycles. The molecule has 0 bridgehead atoms.